The Kier molecular flexibility index (Phi) is 6.30. The summed E-state index contributed by atoms with van der Waals surface area (Å²) in [6, 6.07) is 0.813. The summed E-state index contributed by atoms with van der Waals surface area (Å²) in [6.45, 7) is 2.14. The van der Waals surface area contributed by atoms with Crippen molar-refractivity contribution in [3.05, 3.63) is 16.1 Å². The maximum atomic E-state index is 4.24. The Labute approximate surface area is 129 Å². The van der Waals surface area contributed by atoms with Gasteiger partial charge in [0.2, 0.25) is 0 Å². The van der Waals surface area contributed by atoms with Gasteiger partial charge >= 0.3 is 0 Å². The van der Waals surface area contributed by atoms with Crippen LogP contribution in [0.15, 0.2) is 12.5 Å². The van der Waals surface area contributed by atoms with Crippen LogP contribution in [-0.2, 0) is 0 Å². The molecular weight excluding hydrogens is 351 g/mol. The number of aromatic nitrogens is 2. The van der Waals surface area contributed by atoms with Crippen molar-refractivity contribution in [3.63, 3.8) is 0 Å². The number of hydrogen-bond donors (Lipinski definition) is 1. The molecule has 0 radical (unpaired) electrons. The van der Waals surface area contributed by atoms with E-state index in [1.165, 1.54) is 38.6 Å². The molecule has 1 aromatic rings. The van der Waals surface area contributed by atoms with E-state index in [-0.39, 0.29) is 0 Å². The molecule has 0 amide bonds. The molecule has 19 heavy (non-hydrogen) atoms. The topological polar surface area (TPSA) is 41.0 Å². The average molecular weight is 374 g/mol. The van der Waals surface area contributed by atoms with Crippen LogP contribution in [0.2, 0.25) is 0 Å². The van der Waals surface area contributed by atoms with E-state index in [1.807, 2.05) is 6.20 Å². The molecule has 1 saturated carbocycles. The van der Waals surface area contributed by atoms with Crippen LogP contribution in [0.25, 0.3) is 0 Å². The Hall–Kier alpha value is -0.430. The zero-order chi connectivity index (χ0) is 13.5. The number of halogens is 1. The minimum Gasteiger partial charge on any atom is -0.369 e. The first kappa shape index (κ1) is 15.0. The molecule has 106 valence electrons. The monoisotopic (exact) mass is 374 g/mol. The number of anilines is 1. The molecule has 1 aromatic heterocycles. The van der Waals surface area contributed by atoms with Gasteiger partial charge < -0.3 is 10.2 Å². The minimum absolute atomic E-state index is 0.813. The summed E-state index contributed by atoms with van der Waals surface area (Å²) in [7, 11) is 2.27. The van der Waals surface area contributed by atoms with E-state index in [1.54, 1.807) is 6.33 Å². The molecule has 5 heteroatoms. The lowest BCUT2D eigenvalue weighted by molar-refractivity contribution is 0.191. The first-order chi connectivity index (χ1) is 9.27. The summed E-state index contributed by atoms with van der Waals surface area (Å²) in [5.74, 6) is 0.955. The molecule has 0 aliphatic heterocycles. The highest BCUT2D eigenvalue weighted by Gasteiger charge is 2.17. The van der Waals surface area contributed by atoms with Crippen molar-refractivity contribution in [2.24, 2.45) is 0 Å². The largest absolute Gasteiger partial charge is 0.369 e. The molecule has 1 N–H and O–H groups in total. The SMILES string of the molecule is CN(CCCNc1ncncc1I)C1CCCCC1. The lowest BCUT2D eigenvalue weighted by atomic mass is 9.94. The lowest BCUT2D eigenvalue weighted by Gasteiger charge is -2.31. The van der Waals surface area contributed by atoms with Crippen LogP contribution in [-0.4, -0.2) is 41.0 Å². The van der Waals surface area contributed by atoms with Crippen LogP contribution in [0.4, 0.5) is 5.82 Å². The van der Waals surface area contributed by atoms with Gasteiger partial charge in [0, 0.05) is 18.8 Å². The third-order valence-electron chi connectivity index (χ3n) is 3.85. The number of rotatable bonds is 6. The molecule has 2 rings (SSSR count). The normalized spacial score (nSPS) is 16.8. The Balaban J connectivity index is 1.65. The molecule has 1 aliphatic rings. The van der Waals surface area contributed by atoms with Crippen molar-refractivity contribution >= 4 is 28.4 Å². The van der Waals surface area contributed by atoms with Crippen molar-refractivity contribution in [2.75, 3.05) is 25.5 Å². The van der Waals surface area contributed by atoms with E-state index >= 15 is 0 Å². The van der Waals surface area contributed by atoms with Gasteiger partial charge in [-0.1, -0.05) is 19.3 Å². The molecule has 0 atom stereocenters. The van der Waals surface area contributed by atoms with Crippen molar-refractivity contribution in [2.45, 2.75) is 44.6 Å². The van der Waals surface area contributed by atoms with E-state index in [0.717, 1.165) is 28.4 Å². The standard InChI is InChI=1S/C14H23IN4/c1-19(12-6-3-2-4-7-12)9-5-8-17-14-13(15)10-16-11-18-14/h10-12H,2-9H2,1H3,(H,16,17,18). The maximum absolute atomic E-state index is 4.24. The Morgan fingerprint density at radius 1 is 1.37 bits per heavy atom. The van der Waals surface area contributed by atoms with Crippen LogP contribution in [0.3, 0.4) is 0 Å². The second-order valence-electron chi connectivity index (χ2n) is 5.27. The van der Waals surface area contributed by atoms with Gasteiger partial charge in [-0.15, -0.1) is 0 Å². The summed E-state index contributed by atoms with van der Waals surface area (Å²) in [5.41, 5.74) is 0. The van der Waals surface area contributed by atoms with Crippen LogP contribution in [0.1, 0.15) is 38.5 Å². The Morgan fingerprint density at radius 2 is 2.16 bits per heavy atom. The van der Waals surface area contributed by atoms with E-state index < -0.39 is 0 Å². The van der Waals surface area contributed by atoms with Gasteiger partial charge in [-0.2, -0.15) is 0 Å². The van der Waals surface area contributed by atoms with Gasteiger partial charge in [-0.05, 0) is 55.4 Å². The molecule has 4 nitrogen and oxygen atoms in total. The van der Waals surface area contributed by atoms with Crippen LogP contribution in [0.5, 0.6) is 0 Å². The number of nitrogens with zero attached hydrogens (tertiary/aromatic N) is 3. The highest BCUT2D eigenvalue weighted by atomic mass is 127. The summed E-state index contributed by atoms with van der Waals surface area (Å²) in [5, 5.41) is 3.39. The van der Waals surface area contributed by atoms with Gasteiger partial charge in [0.15, 0.2) is 0 Å². The van der Waals surface area contributed by atoms with E-state index in [2.05, 4.69) is 49.8 Å². The lowest BCUT2D eigenvalue weighted by Crippen LogP contribution is -2.34. The fraction of sp³-hybridized carbons (Fsp3) is 0.714. The summed E-state index contributed by atoms with van der Waals surface area (Å²) in [6.07, 6.45) is 11.6. The minimum atomic E-state index is 0.813. The first-order valence-corrected chi connectivity index (χ1v) is 8.25. The third kappa shape index (κ3) is 4.87. The molecule has 0 saturated heterocycles. The molecule has 1 fully saturated rings. The summed E-state index contributed by atoms with van der Waals surface area (Å²) in [4.78, 5) is 10.8. The zero-order valence-corrected chi connectivity index (χ0v) is 13.8. The third-order valence-corrected chi connectivity index (χ3v) is 4.64. The molecule has 0 aromatic carbocycles. The number of hydrogen-bond acceptors (Lipinski definition) is 4. The summed E-state index contributed by atoms with van der Waals surface area (Å²) >= 11 is 2.26. The smallest absolute Gasteiger partial charge is 0.142 e. The Bertz CT molecular complexity index is 379. The fourth-order valence-corrected chi connectivity index (χ4v) is 3.17. The first-order valence-electron chi connectivity index (χ1n) is 7.17. The quantitative estimate of drug-likeness (QED) is 0.614. The average Bonchev–Trinajstić information content (AvgIpc) is 2.46. The van der Waals surface area contributed by atoms with Crippen molar-refractivity contribution in [1.29, 1.82) is 0 Å². The second-order valence-corrected chi connectivity index (χ2v) is 6.43. The van der Waals surface area contributed by atoms with Crippen molar-refractivity contribution < 1.29 is 0 Å². The van der Waals surface area contributed by atoms with E-state index in [4.69, 9.17) is 0 Å². The zero-order valence-electron chi connectivity index (χ0n) is 11.6. The van der Waals surface area contributed by atoms with Gasteiger partial charge in [-0.3, -0.25) is 0 Å². The van der Waals surface area contributed by atoms with Gasteiger partial charge in [-0.25, -0.2) is 9.97 Å². The van der Waals surface area contributed by atoms with Crippen molar-refractivity contribution in [3.8, 4) is 0 Å². The van der Waals surface area contributed by atoms with Gasteiger partial charge in [0.25, 0.3) is 0 Å². The Morgan fingerprint density at radius 3 is 2.89 bits per heavy atom. The predicted molar refractivity (Wildman–Crippen MR) is 87.4 cm³/mol. The highest BCUT2D eigenvalue weighted by Crippen LogP contribution is 2.21. The van der Waals surface area contributed by atoms with Crippen LogP contribution < -0.4 is 5.32 Å². The van der Waals surface area contributed by atoms with Crippen LogP contribution in [0, 0.1) is 3.57 Å². The molecule has 0 bridgehead atoms. The number of nitrogens with one attached hydrogen (secondary N) is 1. The van der Waals surface area contributed by atoms with Crippen LogP contribution >= 0.6 is 22.6 Å². The van der Waals surface area contributed by atoms with Gasteiger partial charge in [0.1, 0.15) is 12.1 Å². The van der Waals surface area contributed by atoms with Gasteiger partial charge in [0.05, 0.1) is 3.57 Å². The molecular formula is C14H23IN4. The van der Waals surface area contributed by atoms with Crippen molar-refractivity contribution in [1.82, 2.24) is 14.9 Å². The molecule has 0 unspecified atom stereocenters. The molecule has 1 heterocycles. The molecule has 0 spiro atoms. The van der Waals surface area contributed by atoms with E-state index in [9.17, 15) is 0 Å². The summed E-state index contributed by atoms with van der Waals surface area (Å²) < 4.78 is 1.08. The maximum Gasteiger partial charge on any atom is 0.142 e. The fourth-order valence-electron chi connectivity index (χ4n) is 2.68. The highest BCUT2D eigenvalue weighted by molar-refractivity contribution is 14.1. The van der Waals surface area contributed by atoms with E-state index in [0.29, 0.717) is 0 Å². The molecule has 1 aliphatic carbocycles. The predicted octanol–water partition coefficient (Wildman–Crippen LogP) is 3.15. The second kappa shape index (κ2) is 7.99.